The lowest BCUT2D eigenvalue weighted by Crippen LogP contribution is -2.30. The zero-order valence-electron chi connectivity index (χ0n) is 8.27. The van der Waals surface area contributed by atoms with Crippen LogP contribution in [0, 0.1) is 0 Å². The number of nitrogens with two attached hydrogens (primary N) is 1. The average Bonchev–Trinajstić information content (AvgIpc) is 2.44. The number of likely N-dealkylation sites (N-methyl/N-ethyl adjacent to an activating group) is 1. The molecule has 0 atom stereocenters. The van der Waals surface area contributed by atoms with Gasteiger partial charge in [-0.15, -0.1) is 0 Å². The zero-order chi connectivity index (χ0) is 10.7. The molecule has 0 bridgehead atoms. The van der Waals surface area contributed by atoms with Crippen molar-refractivity contribution in [3.8, 4) is 0 Å². The zero-order valence-corrected chi connectivity index (χ0v) is 8.27. The molecular weight excluding hydrogens is 184 g/mol. The molecule has 3 N–H and O–H groups in total. The number of aliphatic hydroxyl groups is 1. The third-order valence-electron chi connectivity index (χ3n) is 1.84. The maximum Gasteiger partial charge on any atom is 0.276 e. The molecule has 1 aromatic rings. The van der Waals surface area contributed by atoms with Gasteiger partial charge in [0.05, 0.1) is 12.3 Å². The van der Waals surface area contributed by atoms with E-state index in [0.29, 0.717) is 5.69 Å². The number of anilines is 1. The van der Waals surface area contributed by atoms with Crippen molar-refractivity contribution in [2.75, 3.05) is 25.9 Å². The van der Waals surface area contributed by atoms with Crippen molar-refractivity contribution in [3.63, 3.8) is 0 Å². The van der Waals surface area contributed by atoms with Gasteiger partial charge in [0.1, 0.15) is 0 Å². The molecule has 0 saturated heterocycles. The largest absolute Gasteiger partial charge is 0.396 e. The van der Waals surface area contributed by atoms with E-state index in [1.165, 1.54) is 9.58 Å². The van der Waals surface area contributed by atoms with E-state index in [1.807, 2.05) is 0 Å². The molecule has 0 aliphatic carbocycles. The monoisotopic (exact) mass is 198 g/mol. The van der Waals surface area contributed by atoms with E-state index in [-0.39, 0.29) is 24.8 Å². The molecule has 0 unspecified atom stereocenters. The van der Waals surface area contributed by atoms with Crippen LogP contribution in [0.3, 0.4) is 0 Å². The summed E-state index contributed by atoms with van der Waals surface area (Å²) < 4.78 is 1.48. The van der Waals surface area contributed by atoms with Crippen LogP contribution in [-0.2, 0) is 7.05 Å². The Labute approximate surface area is 81.9 Å². The van der Waals surface area contributed by atoms with Crippen LogP contribution < -0.4 is 5.73 Å². The van der Waals surface area contributed by atoms with Crippen molar-refractivity contribution in [2.45, 2.75) is 0 Å². The second-order valence-electron chi connectivity index (χ2n) is 3.06. The summed E-state index contributed by atoms with van der Waals surface area (Å²) in [6.45, 7) is 0.198. The molecule has 6 heteroatoms. The Morgan fingerprint density at radius 3 is 2.86 bits per heavy atom. The number of rotatable bonds is 3. The van der Waals surface area contributed by atoms with Gasteiger partial charge < -0.3 is 15.7 Å². The van der Waals surface area contributed by atoms with Gasteiger partial charge in [-0.3, -0.25) is 9.48 Å². The highest BCUT2D eigenvalue weighted by atomic mass is 16.3. The van der Waals surface area contributed by atoms with Crippen LogP contribution in [0.2, 0.25) is 0 Å². The standard InChI is InChI=1S/C8H14N4O2/c1-11(3-4-13)8(14)7-6(9)5-12(2)10-7/h5,13H,3-4,9H2,1-2H3. The topological polar surface area (TPSA) is 84.4 Å². The third-order valence-corrected chi connectivity index (χ3v) is 1.84. The van der Waals surface area contributed by atoms with Gasteiger partial charge in [-0.25, -0.2) is 0 Å². The quantitative estimate of drug-likeness (QED) is 0.657. The first kappa shape index (κ1) is 10.5. The Bertz CT molecular complexity index is 334. The van der Waals surface area contributed by atoms with Gasteiger partial charge in [0.15, 0.2) is 5.69 Å². The van der Waals surface area contributed by atoms with Gasteiger partial charge >= 0.3 is 0 Å². The first-order chi connectivity index (χ1) is 6.56. The third kappa shape index (κ3) is 2.02. The van der Waals surface area contributed by atoms with Crippen molar-refractivity contribution in [1.82, 2.24) is 14.7 Å². The Morgan fingerprint density at radius 2 is 2.43 bits per heavy atom. The van der Waals surface area contributed by atoms with Gasteiger partial charge in [-0.2, -0.15) is 5.10 Å². The number of amides is 1. The van der Waals surface area contributed by atoms with E-state index >= 15 is 0 Å². The number of hydrogen-bond donors (Lipinski definition) is 2. The van der Waals surface area contributed by atoms with Gasteiger partial charge in [0.25, 0.3) is 5.91 Å². The van der Waals surface area contributed by atoms with E-state index in [1.54, 1.807) is 20.3 Å². The summed E-state index contributed by atoms with van der Waals surface area (Å²) in [7, 11) is 3.28. The predicted octanol–water partition coefficient (Wildman–Crippen LogP) is -0.933. The molecule has 14 heavy (non-hydrogen) atoms. The van der Waals surface area contributed by atoms with Crippen molar-refractivity contribution in [3.05, 3.63) is 11.9 Å². The molecule has 0 aliphatic heterocycles. The van der Waals surface area contributed by atoms with E-state index < -0.39 is 0 Å². The minimum atomic E-state index is -0.280. The summed E-state index contributed by atoms with van der Waals surface area (Å²) in [5, 5.41) is 12.6. The molecule has 1 aromatic heterocycles. The minimum absolute atomic E-state index is 0.0744. The summed E-state index contributed by atoms with van der Waals surface area (Å²) in [6.07, 6.45) is 1.57. The number of aryl methyl sites for hydroxylation is 1. The van der Waals surface area contributed by atoms with Crippen LogP contribution in [0.5, 0.6) is 0 Å². The lowest BCUT2D eigenvalue weighted by atomic mass is 10.3. The van der Waals surface area contributed by atoms with E-state index in [4.69, 9.17) is 10.8 Å². The highest BCUT2D eigenvalue weighted by Crippen LogP contribution is 2.09. The van der Waals surface area contributed by atoms with Crippen molar-refractivity contribution < 1.29 is 9.90 Å². The summed E-state index contributed by atoms with van der Waals surface area (Å²) in [5.74, 6) is -0.280. The molecule has 0 radical (unpaired) electrons. The Morgan fingerprint density at radius 1 is 1.79 bits per heavy atom. The molecule has 1 amide bonds. The van der Waals surface area contributed by atoms with Crippen LogP contribution in [0.15, 0.2) is 6.20 Å². The number of aliphatic hydroxyl groups excluding tert-OH is 1. The van der Waals surface area contributed by atoms with E-state index in [0.717, 1.165) is 0 Å². The molecule has 0 saturated carbocycles. The number of carbonyl (C=O) groups excluding carboxylic acids is 1. The molecular formula is C8H14N4O2. The minimum Gasteiger partial charge on any atom is -0.396 e. The number of carbonyl (C=O) groups is 1. The average molecular weight is 198 g/mol. The lowest BCUT2D eigenvalue weighted by Gasteiger charge is -2.13. The smallest absolute Gasteiger partial charge is 0.276 e. The highest BCUT2D eigenvalue weighted by Gasteiger charge is 2.17. The number of aromatic nitrogens is 2. The normalized spacial score (nSPS) is 10.2. The molecule has 1 rings (SSSR count). The molecule has 6 nitrogen and oxygen atoms in total. The number of hydrogen-bond acceptors (Lipinski definition) is 4. The maximum atomic E-state index is 11.6. The Hall–Kier alpha value is -1.56. The highest BCUT2D eigenvalue weighted by molar-refractivity contribution is 5.96. The molecule has 0 aromatic carbocycles. The first-order valence-corrected chi connectivity index (χ1v) is 4.21. The van der Waals surface area contributed by atoms with Gasteiger partial charge in [0.2, 0.25) is 0 Å². The van der Waals surface area contributed by atoms with Crippen molar-refractivity contribution >= 4 is 11.6 Å². The maximum absolute atomic E-state index is 11.6. The SMILES string of the molecule is CN(CCO)C(=O)c1nn(C)cc1N. The summed E-state index contributed by atoms with van der Waals surface area (Å²) >= 11 is 0. The predicted molar refractivity (Wildman–Crippen MR) is 51.7 cm³/mol. The van der Waals surface area contributed by atoms with Crippen LogP contribution in [0.4, 0.5) is 5.69 Å². The molecule has 78 valence electrons. The van der Waals surface area contributed by atoms with Crippen molar-refractivity contribution in [1.29, 1.82) is 0 Å². The fourth-order valence-corrected chi connectivity index (χ4v) is 1.11. The summed E-state index contributed by atoms with van der Waals surface area (Å²) in [6, 6.07) is 0. The molecule has 0 spiro atoms. The summed E-state index contributed by atoms with van der Waals surface area (Å²) in [4.78, 5) is 13.0. The fraction of sp³-hybridized carbons (Fsp3) is 0.500. The molecule has 0 fully saturated rings. The summed E-state index contributed by atoms with van der Waals surface area (Å²) in [5.41, 5.74) is 6.16. The van der Waals surface area contributed by atoms with Gasteiger partial charge in [-0.1, -0.05) is 0 Å². The van der Waals surface area contributed by atoms with Crippen molar-refractivity contribution in [2.24, 2.45) is 7.05 Å². The second kappa shape index (κ2) is 4.10. The molecule has 1 heterocycles. The van der Waals surface area contributed by atoms with Crippen LogP contribution in [0.25, 0.3) is 0 Å². The van der Waals surface area contributed by atoms with Gasteiger partial charge in [-0.05, 0) is 0 Å². The second-order valence-corrected chi connectivity index (χ2v) is 3.06. The van der Waals surface area contributed by atoms with Crippen LogP contribution >= 0.6 is 0 Å². The molecule has 0 aliphatic rings. The van der Waals surface area contributed by atoms with Gasteiger partial charge in [0, 0.05) is 26.8 Å². The van der Waals surface area contributed by atoms with E-state index in [2.05, 4.69) is 5.10 Å². The fourth-order valence-electron chi connectivity index (χ4n) is 1.11. The van der Waals surface area contributed by atoms with Crippen LogP contribution in [0.1, 0.15) is 10.5 Å². The van der Waals surface area contributed by atoms with E-state index in [9.17, 15) is 4.79 Å². The Kier molecular flexibility index (Phi) is 3.08. The first-order valence-electron chi connectivity index (χ1n) is 4.21. The van der Waals surface area contributed by atoms with Crippen LogP contribution in [-0.4, -0.2) is 45.9 Å². The number of nitrogen functional groups attached to an aromatic ring is 1. The lowest BCUT2D eigenvalue weighted by molar-refractivity contribution is 0.0761. The Balaban J connectivity index is 2.83. The number of nitrogens with zero attached hydrogens (tertiary/aromatic N) is 3.